The fourth-order valence-electron chi connectivity index (χ4n) is 0.957. The van der Waals surface area contributed by atoms with Crippen LogP contribution in [0.4, 0.5) is 4.39 Å². The SMILES string of the molecule is Cc1ccc(OC/C=C/C(=O)O)cc1F. The minimum atomic E-state index is -1.03. The quantitative estimate of drug-likeness (QED) is 0.774. The highest BCUT2D eigenvalue weighted by Gasteiger charge is 1.98. The van der Waals surface area contributed by atoms with Crippen LogP contribution in [-0.2, 0) is 4.79 Å². The van der Waals surface area contributed by atoms with Crippen LogP contribution in [0.3, 0.4) is 0 Å². The molecule has 1 rings (SSSR count). The molecule has 0 bridgehead atoms. The summed E-state index contributed by atoms with van der Waals surface area (Å²) in [6, 6.07) is 4.50. The lowest BCUT2D eigenvalue weighted by Gasteiger charge is -2.03. The average Bonchev–Trinajstić information content (AvgIpc) is 2.18. The van der Waals surface area contributed by atoms with E-state index in [4.69, 9.17) is 9.84 Å². The summed E-state index contributed by atoms with van der Waals surface area (Å²) in [6.07, 6.45) is 2.32. The van der Waals surface area contributed by atoms with Crippen LogP contribution in [0.25, 0.3) is 0 Å². The van der Waals surface area contributed by atoms with Gasteiger partial charge in [0.1, 0.15) is 18.2 Å². The third-order valence-corrected chi connectivity index (χ3v) is 1.75. The normalized spacial score (nSPS) is 10.5. The Morgan fingerprint density at radius 3 is 2.93 bits per heavy atom. The van der Waals surface area contributed by atoms with Gasteiger partial charge in [-0.15, -0.1) is 0 Å². The van der Waals surface area contributed by atoms with E-state index in [9.17, 15) is 9.18 Å². The fourth-order valence-corrected chi connectivity index (χ4v) is 0.957. The number of benzene rings is 1. The van der Waals surface area contributed by atoms with E-state index >= 15 is 0 Å². The number of carboxylic acids is 1. The number of carboxylic acid groups (broad SMARTS) is 1. The molecule has 0 aliphatic carbocycles. The maximum absolute atomic E-state index is 13.0. The van der Waals surface area contributed by atoms with Crippen LogP contribution < -0.4 is 4.74 Å². The van der Waals surface area contributed by atoms with Crippen LogP contribution in [0.5, 0.6) is 5.75 Å². The van der Waals surface area contributed by atoms with Gasteiger partial charge in [0.05, 0.1) is 0 Å². The van der Waals surface area contributed by atoms with Crippen molar-refractivity contribution < 1.29 is 19.0 Å². The summed E-state index contributed by atoms with van der Waals surface area (Å²) in [5.74, 6) is -0.989. The highest BCUT2D eigenvalue weighted by molar-refractivity contribution is 5.79. The molecule has 0 fully saturated rings. The van der Waals surface area contributed by atoms with Crippen LogP contribution in [-0.4, -0.2) is 17.7 Å². The number of aliphatic carboxylic acids is 1. The van der Waals surface area contributed by atoms with Crippen LogP contribution in [0.15, 0.2) is 30.4 Å². The van der Waals surface area contributed by atoms with Crippen molar-refractivity contribution in [3.8, 4) is 5.75 Å². The smallest absolute Gasteiger partial charge is 0.328 e. The summed E-state index contributed by atoms with van der Waals surface area (Å²) in [7, 11) is 0. The Morgan fingerprint density at radius 2 is 2.33 bits per heavy atom. The van der Waals surface area contributed by atoms with Gasteiger partial charge in [0, 0.05) is 12.1 Å². The second-order valence-electron chi connectivity index (χ2n) is 2.96. The van der Waals surface area contributed by atoms with Crippen molar-refractivity contribution in [2.24, 2.45) is 0 Å². The van der Waals surface area contributed by atoms with Gasteiger partial charge in [0.25, 0.3) is 0 Å². The molecule has 0 radical (unpaired) electrons. The highest BCUT2D eigenvalue weighted by atomic mass is 19.1. The van der Waals surface area contributed by atoms with Crippen molar-refractivity contribution in [3.63, 3.8) is 0 Å². The van der Waals surface area contributed by atoms with E-state index in [1.807, 2.05) is 0 Å². The van der Waals surface area contributed by atoms with Crippen molar-refractivity contribution in [1.29, 1.82) is 0 Å². The molecule has 0 atom stereocenters. The average molecular weight is 210 g/mol. The van der Waals surface area contributed by atoms with E-state index < -0.39 is 5.97 Å². The third-order valence-electron chi connectivity index (χ3n) is 1.75. The second-order valence-corrected chi connectivity index (χ2v) is 2.96. The highest BCUT2D eigenvalue weighted by Crippen LogP contribution is 2.15. The zero-order valence-corrected chi connectivity index (χ0v) is 8.24. The maximum atomic E-state index is 13.0. The summed E-state index contributed by atoms with van der Waals surface area (Å²) >= 11 is 0. The van der Waals surface area contributed by atoms with Crippen LogP contribution >= 0.6 is 0 Å². The lowest BCUT2D eigenvalue weighted by atomic mass is 10.2. The van der Waals surface area contributed by atoms with Gasteiger partial charge in [-0.3, -0.25) is 0 Å². The Morgan fingerprint density at radius 1 is 1.60 bits per heavy atom. The Hall–Kier alpha value is -1.84. The molecule has 0 spiro atoms. The Kier molecular flexibility index (Phi) is 3.85. The first kappa shape index (κ1) is 11.2. The van der Waals surface area contributed by atoms with Gasteiger partial charge in [0.2, 0.25) is 0 Å². The van der Waals surface area contributed by atoms with E-state index in [1.54, 1.807) is 19.1 Å². The lowest BCUT2D eigenvalue weighted by Crippen LogP contribution is -1.96. The molecule has 0 aromatic heterocycles. The number of aryl methyl sites for hydroxylation is 1. The minimum Gasteiger partial charge on any atom is -0.489 e. The summed E-state index contributed by atoms with van der Waals surface area (Å²) in [5, 5.41) is 8.29. The van der Waals surface area contributed by atoms with Crippen LogP contribution in [0.1, 0.15) is 5.56 Å². The minimum absolute atomic E-state index is 0.106. The van der Waals surface area contributed by atoms with Gasteiger partial charge in [-0.05, 0) is 24.6 Å². The van der Waals surface area contributed by atoms with Gasteiger partial charge < -0.3 is 9.84 Å². The number of halogens is 1. The predicted molar refractivity (Wildman–Crippen MR) is 53.4 cm³/mol. The number of carbonyl (C=O) groups is 1. The van der Waals surface area contributed by atoms with Crippen molar-refractivity contribution in [1.82, 2.24) is 0 Å². The molecule has 80 valence electrons. The van der Waals surface area contributed by atoms with E-state index in [2.05, 4.69) is 0 Å². The molecule has 0 heterocycles. The Labute approximate surface area is 86.8 Å². The molecule has 0 saturated carbocycles. The first-order valence-corrected chi connectivity index (χ1v) is 4.38. The molecule has 0 unspecified atom stereocenters. The standard InChI is InChI=1S/C11H11FO3/c1-8-4-5-9(7-10(8)12)15-6-2-3-11(13)14/h2-5,7H,6H2,1H3,(H,13,14)/b3-2+. The van der Waals surface area contributed by atoms with E-state index in [0.717, 1.165) is 6.08 Å². The molecule has 1 aromatic carbocycles. The van der Waals surface area contributed by atoms with Crippen LogP contribution in [0, 0.1) is 12.7 Å². The number of rotatable bonds is 4. The molecule has 0 aliphatic rings. The second kappa shape index (κ2) is 5.14. The Balaban J connectivity index is 2.51. The largest absolute Gasteiger partial charge is 0.489 e. The van der Waals surface area contributed by atoms with Gasteiger partial charge in [-0.2, -0.15) is 0 Å². The summed E-state index contributed by atoms with van der Waals surface area (Å²) in [4.78, 5) is 10.1. The van der Waals surface area contributed by atoms with Gasteiger partial charge in [0.15, 0.2) is 0 Å². The third kappa shape index (κ3) is 3.81. The molecule has 4 heteroatoms. The molecule has 3 nitrogen and oxygen atoms in total. The fraction of sp³-hybridized carbons (Fsp3) is 0.182. The van der Waals surface area contributed by atoms with E-state index in [-0.39, 0.29) is 12.4 Å². The van der Waals surface area contributed by atoms with E-state index in [0.29, 0.717) is 11.3 Å². The zero-order chi connectivity index (χ0) is 11.3. The van der Waals surface area contributed by atoms with Crippen molar-refractivity contribution in [2.45, 2.75) is 6.92 Å². The van der Waals surface area contributed by atoms with Crippen molar-refractivity contribution in [3.05, 3.63) is 41.7 Å². The van der Waals surface area contributed by atoms with Crippen molar-refractivity contribution in [2.75, 3.05) is 6.61 Å². The van der Waals surface area contributed by atoms with Crippen LogP contribution in [0.2, 0.25) is 0 Å². The molecular weight excluding hydrogens is 199 g/mol. The number of hydrogen-bond acceptors (Lipinski definition) is 2. The molecule has 1 N–H and O–H groups in total. The predicted octanol–water partition coefficient (Wildman–Crippen LogP) is 2.15. The summed E-state index contributed by atoms with van der Waals surface area (Å²) in [6.45, 7) is 1.76. The molecule has 0 amide bonds. The monoisotopic (exact) mass is 210 g/mol. The number of hydrogen-bond donors (Lipinski definition) is 1. The molecule has 0 saturated heterocycles. The van der Waals surface area contributed by atoms with E-state index in [1.165, 1.54) is 12.1 Å². The molecular formula is C11H11FO3. The Bertz CT molecular complexity index is 385. The topological polar surface area (TPSA) is 46.5 Å². The maximum Gasteiger partial charge on any atom is 0.328 e. The lowest BCUT2D eigenvalue weighted by molar-refractivity contribution is -0.131. The van der Waals surface area contributed by atoms with Gasteiger partial charge >= 0.3 is 5.97 Å². The number of ether oxygens (including phenoxy) is 1. The summed E-state index contributed by atoms with van der Waals surface area (Å²) in [5.41, 5.74) is 0.545. The molecule has 15 heavy (non-hydrogen) atoms. The first-order chi connectivity index (χ1) is 7.09. The zero-order valence-electron chi connectivity index (χ0n) is 8.24. The van der Waals surface area contributed by atoms with Crippen molar-refractivity contribution >= 4 is 5.97 Å². The van der Waals surface area contributed by atoms with Gasteiger partial charge in [-0.25, -0.2) is 9.18 Å². The molecule has 0 aliphatic heterocycles. The first-order valence-electron chi connectivity index (χ1n) is 4.38. The molecule has 1 aromatic rings. The van der Waals surface area contributed by atoms with Gasteiger partial charge in [-0.1, -0.05) is 6.07 Å². The summed E-state index contributed by atoms with van der Waals surface area (Å²) < 4.78 is 18.1.